The smallest absolute Gasteiger partial charge is 0.409 e. The van der Waals surface area contributed by atoms with Crippen LogP contribution in [0.1, 0.15) is 31.2 Å². The molecular weight excluding hydrogens is 332 g/mol. The van der Waals surface area contributed by atoms with E-state index in [2.05, 4.69) is 15.1 Å². The van der Waals surface area contributed by atoms with Crippen molar-refractivity contribution >= 4 is 6.09 Å². The number of hydrogen-bond donors (Lipinski definition) is 0. The third kappa shape index (κ3) is 5.29. The summed E-state index contributed by atoms with van der Waals surface area (Å²) in [5.74, 6) is 1.59. The molecule has 140 valence electrons. The first kappa shape index (κ1) is 18.4. The van der Waals surface area contributed by atoms with Gasteiger partial charge >= 0.3 is 6.09 Å². The molecule has 2 aromatic rings. The van der Waals surface area contributed by atoms with E-state index in [4.69, 9.17) is 9.15 Å². The van der Waals surface area contributed by atoms with Crippen LogP contribution in [0.2, 0.25) is 0 Å². The Morgan fingerprint density at radius 1 is 1.12 bits per heavy atom. The number of carbonyl (C=O) groups is 1. The van der Waals surface area contributed by atoms with Crippen LogP contribution < -0.4 is 0 Å². The van der Waals surface area contributed by atoms with Crippen LogP contribution in [0.15, 0.2) is 34.7 Å². The lowest BCUT2D eigenvalue weighted by Crippen LogP contribution is -2.48. The predicted octanol–water partition coefficient (Wildman–Crippen LogP) is 2.57. The largest absolute Gasteiger partial charge is 0.449 e. The normalized spacial score (nSPS) is 15.4. The quantitative estimate of drug-likeness (QED) is 0.790. The first-order valence-electron chi connectivity index (χ1n) is 9.09. The fraction of sp³-hybridized carbons (Fsp3) is 0.526. The fourth-order valence-electron chi connectivity index (χ4n) is 2.80. The number of carbonyl (C=O) groups excluding carboxylic acids is 1. The molecule has 0 N–H and O–H groups in total. The molecule has 1 amide bonds. The highest BCUT2D eigenvalue weighted by Crippen LogP contribution is 2.12. The number of rotatable bonds is 6. The van der Waals surface area contributed by atoms with Gasteiger partial charge in [-0.3, -0.25) is 4.90 Å². The Labute approximate surface area is 153 Å². The molecule has 0 aliphatic carbocycles. The van der Waals surface area contributed by atoms with Crippen LogP contribution in [-0.4, -0.2) is 58.9 Å². The third-order valence-corrected chi connectivity index (χ3v) is 4.24. The van der Waals surface area contributed by atoms with Gasteiger partial charge in [-0.25, -0.2) is 4.79 Å². The van der Waals surface area contributed by atoms with Gasteiger partial charge in [0.05, 0.1) is 19.6 Å². The van der Waals surface area contributed by atoms with Gasteiger partial charge in [-0.2, -0.15) is 0 Å². The van der Waals surface area contributed by atoms with Gasteiger partial charge in [0, 0.05) is 26.2 Å². The molecule has 0 atom stereocenters. The minimum Gasteiger partial charge on any atom is -0.449 e. The maximum atomic E-state index is 12.0. The van der Waals surface area contributed by atoms with E-state index in [0.717, 1.165) is 18.7 Å². The molecule has 1 saturated heterocycles. The Hall–Kier alpha value is -2.41. The topological polar surface area (TPSA) is 71.7 Å². The van der Waals surface area contributed by atoms with Crippen LogP contribution in [-0.2, 0) is 17.7 Å². The van der Waals surface area contributed by atoms with Crippen molar-refractivity contribution in [2.24, 2.45) is 5.92 Å². The van der Waals surface area contributed by atoms with E-state index in [-0.39, 0.29) is 6.09 Å². The molecule has 0 spiro atoms. The van der Waals surface area contributed by atoms with Gasteiger partial charge in [0.15, 0.2) is 0 Å². The number of aromatic nitrogens is 2. The van der Waals surface area contributed by atoms with Gasteiger partial charge in [-0.15, -0.1) is 10.2 Å². The van der Waals surface area contributed by atoms with Crippen molar-refractivity contribution in [3.8, 4) is 0 Å². The van der Waals surface area contributed by atoms with Crippen LogP contribution >= 0.6 is 0 Å². The molecule has 0 bridgehead atoms. The summed E-state index contributed by atoms with van der Waals surface area (Å²) in [6, 6.07) is 10.1. The highest BCUT2D eigenvalue weighted by atomic mass is 16.6. The molecule has 0 unspecified atom stereocenters. The second-order valence-corrected chi connectivity index (χ2v) is 6.99. The standard InChI is InChI=1S/C19H26N4O3/c1-15(2)14-25-19(24)23-10-8-22(9-11-23)13-18-21-20-17(26-18)12-16-6-4-3-5-7-16/h3-7,15H,8-14H2,1-2H3. The number of amides is 1. The van der Waals surface area contributed by atoms with Crippen molar-refractivity contribution in [3.63, 3.8) is 0 Å². The number of piperazine rings is 1. The lowest BCUT2D eigenvalue weighted by atomic mass is 10.2. The summed E-state index contributed by atoms with van der Waals surface area (Å²) in [5, 5.41) is 8.28. The molecule has 0 saturated carbocycles. The summed E-state index contributed by atoms with van der Waals surface area (Å²) in [6.07, 6.45) is 0.421. The van der Waals surface area contributed by atoms with Crippen molar-refractivity contribution in [3.05, 3.63) is 47.7 Å². The molecule has 3 rings (SSSR count). The molecule has 1 aliphatic rings. The number of hydrogen-bond acceptors (Lipinski definition) is 6. The summed E-state index contributed by atoms with van der Waals surface area (Å²) in [7, 11) is 0. The second-order valence-electron chi connectivity index (χ2n) is 6.99. The highest BCUT2D eigenvalue weighted by Gasteiger charge is 2.23. The maximum absolute atomic E-state index is 12.0. The van der Waals surface area contributed by atoms with Gasteiger partial charge in [0.1, 0.15) is 0 Å². The molecule has 26 heavy (non-hydrogen) atoms. The number of nitrogens with zero attached hydrogens (tertiary/aromatic N) is 4. The molecule has 0 radical (unpaired) electrons. The zero-order valence-corrected chi connectivity index (χ0v) is 15.4. The van der Waals surface area contributed by atoms with Gasteiger partial charge in [0.2, 0.25) is 11.8 Å². The van der Waals surface area contributed by atoms with Crippen LogP contribution in [0, 0.1) is 5.92 Å². The molecule has 1 fully saturated rings. The first-order chi connectivity index (χ1) is 12.6. The minimum absolute atomic E-state index is 0.221. The van der Waals surface area contributed by atoms with Crippen molar-refractivity contribution in [1.29, 1.82) is 0 Å². The Balaban J connectivity index is 1.44. The Morgan fingerprint density at radius 3 is 2.50 bits per heavy atom. The van der Waals surface area contributed by atoms with E-state index >= 15 is 0 Å². The van der Waals surface area contributed by atoms with Gasteiger partial charge < -0.3 is 14.1 Å². The molecule has 7 nitrogen and oxygen atoms in total. The molecule has 7 heteroatoms. The minimum atomic E-state index is -0.221. The summed E-state index contributed by atoms with van der Waals surface area (Å²) in [5.41, 5.74) is 1.15. The summed E-state index contributed by atoms with van der Waals surface area (Å²) < 4.78 is 11.0. The molecule has 1 aromatic heterocycles. The highest BCUT2D eigenvalue weighted by molar-refractivity contribution is 5.67. The fourth-order valence-corrected chi connectivity index (χ4v) is 2.80. The van der Waals surface area contributed by atoms with Crippen LogP contribution in [0.5, 0.6) is 0 Å². The monoisotopic (exact) mass is 358 g/mol. The van der Waals surface area contributed by atoms with Crippen LogP contribution in [0.3, 0.4) is 0 Å². The van der Waals surface area contributed by atoms with E-state index in [1.54, 1.807) is 4.90 Å². The molecular formula is C19H26N4O3. The lowest BCUT2D eigenvalue weighted by molar-refractivity contribution is 0.0657. The Bertz CT molecular complexity index is 694. The van der Waals surface area contributed by atoms with Crippen molar-refractivity contribution < 1.29 is 13.9 Å². The maximum Gasteiger partial charge on any atom is 0.409 e. The molecule has 1 aliphatic heterocycles. The van der Waals surface area contributed by atoms with E-state index in [9.17, 15) is 4.79 Å². The summed E-state index contributed by atoms with van der Waals surface area (Å²) in [6.45, 7) is 7.98. The van der Waals surface area contributed by atoms with Crippen molar-refractivity contribution in [2.45, 2.75) is 26.8 Å². The summed E-state index contributed by atoms with van der Waals surface area (Å²) in [4.78, 5) is 16.0. The van der Waals surface area contributed by atoms with E-state index in [0.29, 0.717) is 50.4 Å². The first-order valence-corrected chi connectivity index (χ1v) is 9.09. The SMILES string of the molecule is CC(C)COC(=O)N1CCN(Cc2nnc(Cc3ccccc3)o2)CC1. The van der Waals surface area contributed by atoms with Crippen LogP contribution in [0.4, 0.5) is 4.79 Å². The lowest BCUT2D eigenvalue weighted by Gasteiger charge is -2.33. The van der Waals surface area contributed by atoms with Gasteiger partial charge in [-0.1, -0.05) is 44.2 Å². The van der Waals surface area contributed by atoms with E-state index < -0.39 is 0 Å². The Morgan fingerprint density at radius 2 is 1.81 bits per heavy atom. The van der Waals surface area contributed by atoms with Gasteiger partial charge in [-0.05, 0) is 11.5 Å². The van der Waals surface area contributed by atoms with Gasteiger partial charge in [0.25, 0.3) is 0 Å². The second kappa shape index (κ2) is 8.80. The number of benzene rings is 1. The average Bonchev–Trinajstić information content (AvgIpc) is 3.08. The van der Waals surface area contributed by atoms with Crippen molar-refractivity contribution in [2.75, 3.05) is 32.8 Å². The van der Waals surface area contributed by atoms with E-state index in [1.165, 1.54) is 0 Å². The Kier molecular flexibility index (Phi) is 6.22. The van der Waals surface area contributed by atoms with E-state index in [1.807, 2.05) is 44.2 Å². The summed E-state index contributed by atoms with van der Waals surface area (Å²) >= 11 is 0. The molecule has 1 aromatic carbocycles. The predicted molar refractivity (Wildman–Crippen MR) is 96.6 cm³/mol. The molecule has 2 heterocycles. The third-order valence-electron chi connectivity index (χ3n) is 4.24. The van der Waals surface area contributed by atoms with Crippen molar-refractivity contribution in [1.82, 2.24) is 20.0 Å². The average molecular weight is 358 g/mol. The zero-order valence-electron chi connectivity index (χ0n) is 15.4. The van der Waals surface area contributed by atoms with Crippen LogP contribution in [0.25, 0.3) is 0 Å². The zero-order chi connectivity index (χ0) is 18.4. The number of ether oxygens (including phenoxy) is 1.